The van der Waals surface area contributed by atoms with Crippen LogP contribution in [0, 0.1) is 0 Å². The highest BCUT2D eigenvalue weighted by Crippen LogP contribution is 2.19. The second-order valence-corrected chi connectivity index (χ2v) is 4.08. The molecular formula is C13H21NO. The molecule has 84 valence electrons. The van der Waals surface area contributed by atoms with Crippen LogP contribution in [0.15, 0.2) is 24.3 Å². The number of nitrogens with two attached hydrogens (primary N) is 1. The molecule has 0 amide bonds. The first-order chi connectivity index (χ1) is 7.13. The predicted molar refractivity (Wildman–Crippen MR) is 64.0 cm³/mol. The Labute approximate surface area is 92.4 Å². The Kier molecular flexibility index (Phi) is 4.63. The van der Waals surface area contributed by atoms with Crippen LogP contribution in [0.2, 0.25) is 0 Å². The van der Waals surface area contributed by atoms with Gasteiger partial charge >= 0.3 is 0 Å². The largest absolute Gasteiger partial charge is 0.491 e. The molecule has 0 aliphatic carbocycles. The molecule has 0 heterocycles. The fourth-order valence-corrected chi connectivity index (χ4v) is 1.57. The summed E-state index contributed by atoms with van der Waals surface area (Å²) >= 11 is 0. The normalized spacial score (nSPS) is 14.7. The van der Waals surface area contributed by atoms with Gasteiger partial charge in [0, 0.05) is 6.04 Å². The van der Waals surface area contributed by atoms with E-state index in [4.69, 9.17) is 10.5 Å². The first-order valence-corrected chi connectivity index (χ1v) is 5.65. The van der Waals surface area contributed by atoms with Crippen LogP contribution >= 0.6 is 0 Å². The molecular weight excluding hydrogens is 186 g/mol. The average Bonchev–Trinajstić information content (AvgIpc) is 2.18. The van der Waals surface area contributed by atoms with Crippen molar-refractivity contribution in [1.82, 2.24) is 0 Å². The zero-order chi connectivity index (χ0) is 11.3. The monoisotopic (exact) mass is 207 g/mol. The predicted octanol–water partition coefficient (Wildman–Crippen LogP) is 3.27. The summed E-state index contributed by atoms with van der Waals surface area (Å²) in [5.41, 5.74) is 6.94. The van der Waals surface area contributed by atoms with Gasteiger partial charge in [-0.05, 0) is 38.0 Å². The Bertz CT molecular complexity index is 296. The molecule has 1 rings (SSSR count). The van der Waals surface area contributed by atoms with Crippen LogP contribution in [0.4, 0.5) is 0 Å². The summed E-state index contributed by atoms with van der Waals surface area (Å²) in [6.45, 7) is 6.24. The highest BCUT2D eigenvalue weighted by molar-refractivity contribution is 5.30. The molecule has 1 aromatic rings. The van der Waals surface area contributed by atoms with Gasteiger partial charge in [-0.1, -0.05) is 25.5 Å². The Morgan fingerprint density at radius 3 is 2.67 bits per heavy atom. The molecule has 0 radical (unpaired) electrons. The lowest BCUT2D eigenvalue weighted by atomic mass is 10.1. The van der Waals surface area contributed by atoms with E-state index in [1.165, 1.54) is 0 Å². The van der Waals surface area contributed by atoms with Crippen molar-refractivity contribution in [3.05, 3.63) is 29.8 Å². The zero-order valence-electron chi connectivity index (χ0n) is 9.86. The first kappa shape index (κ1) is 12.1. The molecule has 0 fully saturated rings. The molecule has 0 aliphatic heterocycles. The van der Waals surface area contributed by atoms with E-state index in [2.05, 4.69) is 13.8 Å². The molecule has 0 saturated carbocycles. The summed E-state index contributed by atoms with van der Waals surface area (Å²) in [5.74, 6) is 0.922. The van der Waals surface area contributed by atoms with Gasteiger partial charge in [-0.25, -0.2) is 0 Å². The zero-order valence-corrected chi connectivity index (χ0v) is 9.86. The number of rotatable bonds is 5. The third kappa shape index (κ3) is 3.92. The molecule has 0 spiro atoms. The van der Waals surface area contributed by atoms with E-state index in [1.807, 2.05) is 31.2 Å². The maximum atomic E-state index is 5.82. The lowest BCUT2D eigenvalue weighted by Gasteiger charge is -2.15. The van der Waals surface area contributed by atoms with E-state index in [9.17, 15) is 0 Å². The number of ether oxygens (including phenoxy) is 1. The van der Waals surface area contributed by atoms with Crippen LogP contribution in [-0.2, 0) is 0 Å². The SMILES string of the molecule is CCCC(C)Oc1cccc([C@H](C)N)c1. The molecule has 15 heavy (non-hydrogen) atoms. The first-order valence-electron chi connectivity index (χ1n) is 5.65. The minimum atomic E-state index is 0.0648. The van der Waals surface area contributed by atoms with Gasteiger partial charge in [0.1, 0.15) is 5.75 Å². The molecule has 2 nitrogen and oxygen atoms in total. The second kappa shape index (κ2) is 5.76. The van der Waals surface area contributed by atoms with Crippen molar-refractivity contribution in [1.29, 1.82) is 0 Å². The highest BCUT2D eigenvalue weighted by Gasteiger charge is 2.04. The fraction of sp³-hybridized carbons (Fsp3) is 0.538. The van der Waals surface area contributed by atoms with Crippen LogP contribution in [0.25, 0.3) is 0 Å². The lowest BCUT2D eigenvalue weighted by molar-refractivity contribution is 0.209. The van der Waals surface area contributed by atoms with Crippen molar-refractivity contribution >= 4 is 0 Å². The topological polar surface area (TPSA) is 35.2 Å². The smallest absolute Gasteiger partial charge is 0.120 e. The maximum absolute atomic E-state index is 5.82. The number of hydrogen-bond acceptors (Lipinski definition) is 2. The summed E-state index contributed by atoms with van der Waals surface area (Å²) in [6.07, 6.45) is 2.51. The number of hydrogen-bond donors (Lipinski definition) is 1. The average molecular weight is 207 g/mol. The number of benzene rings is 1. The second-order valence-electron chi connectivity index (χ2n) is 4.08. The van der Waals surface area contributed by atoms with Crippen LogP contribution in [-0.4, -0.2) is 6.10 Å². The van der Waals surface area contributed by atoms with Crippen LogP contribution in [0.5, 0.6) is 5.75 Å². The van der Waals surface area contributed by atoms with E-state index >= 15 is 0 Å². The van der Waals surface area contributed by atoms with Gasteiger partial charge in [0.05, 0.1) is 6.10 Å². The lowest BCUT2D eigenvalue weighted by Crippen LogP contribution is -2.11. The Balaban J connectivity index is 2.65. The molecule has 0 saturated heterocycles. The Morgan fingerprint density at radius 1 is 1.33 bits per heavy atom. The fourth-order valence-electron chi connectivity index (χ4n) is 1.57. The van der Waals surface area contributed by atoms with Gasteiger partial charge in [-0.2, -0.15) is 0 Å². The van der Waals surface area contributed by atoms with Crippen molar-refractivity contribution in [2.24, 2.45) is 5.73 Å². The summed E-state index contributed by atoms with van der Waals surface area (Å²) in [5, 5.41) is 0. The molecule has 0 bridgehead atoms. The van der Waals surface area contributed by atoms with Crippen LogP contribution < -0.4 is 10.5 Å². The van der Waals surface area contributed by atoms with Gasteiger partial charge < -0.3 is 10.5 Å². The molecule has 2 N–H and O–H groups in total. The molecule has 0 aliphatic rings. The van der Waals surface area contributed by atoms with E-state index < -0.39 is 0 Å². The van der Waals surface area contributed by atoms with E-state index in [0.29, 0.717) is 0 Å². The van der Waals surface area contributed by atoms with Gasteiger partial charge in [-0.3, -0.25) is 0 Å². The standard InChI is InChI=1S/C13H21NO/c1-4-6-10(2)15-13-8-5-7-12(9-13)11(3)14/h5,7-11H,4,6,14H2,1-3H3/t10?,11-/m0/s1. The van der Waals surface area contributed by atoms with Gasteiger partial charge in [0.2, 0.25) is 0 Å². The van der Waals surface area contributed by atoms with Crippen molar-refractivity contribution in [3.63, 3.8) is 0 Å². The summed E-state index contributed by atoms with van der Waals surface area (Å²) in [6, 6.07) is 8.10. The Hall–Kier alpha value is -1.02. The summed E-state index contributed by atoms with van der Waals surface area (Å²) in [4.78, 5) is 0. The Morgan fingerprint density at radius 2 is 2.07 bits per heavy atom. The molecule has 1 aromatic carbocycles. The quantitative estimate of drug-likeness (QED) is 0.804. The summed E-state index contributed by atoms with van der Waals surface area (Å²) < 4.78 is 5.79. The van der Waals surface area contributed by atoms with Crippen molar-refractivity contribution in [3.8, 4) is 5.75 Å². The molecule has 2 atom stereocenters. The third-order valence-corrected chi connectivity index (χ3v) is 2.42. The van der Waals surface area contributed by atoms with Crippen molar-refractivity contribution < 1.29 is 4.74 Å². The van der Waals surface area contributed by atoms with Crippen LogP contribution in [0.1, 0.15) is 45.2 Å². The van der Waals surface area contributed by atoms with Gasteiger partial charge in [0.15, 0.2) is 0 Å². The third-order valence-electron chi connectivity index (χ3n) is 2.42. The highest BCUT2D eigenvalue weighted by atomic mass is 16.5. The minimum Gasteiger partial charge on any atom is -0.491 e. The molecule has 1 unspecified atom stereocenters. The van der Waals surface area contributed by atoms with E-state index in [0.717, 1.165) is 24.2 Å². The minimum absolute atomic E-state index is 0.0648. The van der Waals surface area contributed by atoms with Gasteiger partial charge in [-0.15, -0.1) is 0 Å². The van der Waals surface area contributed by atoms with Crippen molar-refractivity contribution in [2.75, 3.05) is 0 Å². The summed E-state index contributed by atoms with van der Waals surface area (Å²) in [7, 11) is 0. The van der Waals surface area contributed by atoms with Gasteiger partial charge in [0.25, 0.3) is 0 Å². The van der Waals surface area contributed by atoms with E-state index in [-0.39, 0.29) is 12.1 Å². The molecule has 0 aromatic heterocycles. The maximum Gasteiger partial charge on any atom is 0.120 e. The van der Waals surface area contributed by atoms with Crippen LogP contribution in [0.3, 0.4) is 0 Å². The van der Waals surface area contributed by atoms with E-state index in [1.54, 1.807) is 0 Å². The van der Waals surface area contributed by atoms with Crippen molar-refractivity contribution in [2.45, 2.75) is 45.8 Å². The molecule has 2 heteroatoms.